The summed E-state index contributed by atoms with van der Waals surface area (Å²) in [4.78, 5) is 28.0. The Hall–Kier alpha value is -2.53. The molecule has 1 aromatic rings. The second kappa shape index (κ2) is 6.76. The molecule has 0 bridgehead atoms. The SMILES string of the molecule is CCNC(=O)c1ccc(N2CC(CN=[N+]=[N-])CC2=O)cc1. The number of anilines is 1. The van der Waals surface area contributed by atoms with E-state index in [1.165, 1.54) is 0 Å². The molecule has 1 atom stereocenters. The fourth-order valence-corrected chi connectivity index (χ4v) is 2.36. The van der Waals surface area contributed by atoms with Crippen molar-refractivity contribution in [1.29, 1.82) is 0 Å². The van der Waals surface area contributed by atoms with Gasteiger partial charge in [-0.05, 0) is 42.6 Å². The van der Waals surface area contributed by atoms with Gasteiger partial charge in [-0.25, -0.2) is 0 Å². The highest BCUT2D eigenvalue weighted by Crippen LogP contribution is 2.25. The largest absolute Gasteiger partial charge is 0.352 e. The number of carbonyl (C=O) groups is 2. The molecule has 1 saturated heterocycles. The molecule has 1 aliphatic heterocycles. The van der Waals surface area contributed by atoms with Crippen LogP contribution >= 0.6 is 0 Å². The van der Waals surface area contributed by atoms with Gasteiger partial charge < -0.3 is 10.2 Å². The molecular formula is C14H17N5O2. The van der Waals surface area contributed by atoms with Crippen molar-refractivity contribution in [2.75, 3.05) is 24.5 Å². The van der Waals surface area contributed by atoms with E-state index in [2.05, 4.69) is 15.3 Å². The molecular weight excluding hydrogens is 270 g/mol. The van der Waals surface area contributed by atoms with Crippen LogP contribution in [0.1, 0.15) is 23.7 Å². The minimum absolute atomic E-state index is 0.0129. The minimum Gasteiger partial charge on any atom is -0.352 e. The number of nitrogens with one attached hydrogen (secondary N) is 1. The molecule has 2 amide bonds. The van der Waals surface area contributed by atoms with Crippen LogP contribution in [0.4, 0.5) is 5.69 Å². The maximum absolute atomic E-state index is 12.0. The second-order valence-corrected chi connectivity index (χ2v) is 4.89. The Kier molecular flexibility index (Phi) is 4.79. The quantitative estimate of drug-likeness (QED) is 0.509. The van der Waals surface area contributed by atoms with E-state index < -0.39 is 0 Å². The molecule has 1 N–H and O–H groups in total. The summed E-state index contributed by atoms with van der Waals surface area (Å²) < 4.78 is 0. The van der Waals surface area contributed by atoms with Gasteiger partial charge in [-0.15, -0.1) is 0 Å². The summed E-state index contributed by atoms with van der Waals surface area (Å²) in [5.41, 5.74) is 9.65. The highest BCUT2D eigenvalue weighted by molar-refractivity contribution is 5.97. The first-order valence-corrected chi connectivity index (χ1v) is 6.85. The zero-order valence-electron chi connectivity index (χ0n) is 11.8. The van der Waals surface area contributed by atoms with E-state index in [0.717, 1.165) is 5.69 Å². The van der Waals surface area contributed by atoms with Crippen molar-refractivity contribution >= 4 is 17.5 Å². The molecule has 0 spiro atoms. The predicted octanol–water partition coefficient (Wildman–Crippen LogP) is 2.10. The van der Waals surface area contributed by atoms with Crippen LogP contribution in [0.3, 0.4) is 0 Å². The van der Waals surface area contributed by atoms with E-state index in [1.807, 2.05) is 6.92 Å². The van der Waals surface area contributed by atoms with Crippen LogP contribution in [0.2, 0.25) is 0 Å². The second-order valence-electron chi connectivity index (χ2n) is 4.89. The summed E-state index contributed by atoms with van der Waals surface area (Å²) in [5.74, 6) is -0.0617. The molecule has 7 heteroatoms. The first kappa shape index (κ1) is 14.9. The van der Waals surface area contributed by atoms with Crippen molar-refractivity contribution < 1.29 is 9.59 Å². The monoisotopic (exact) mass is 287 g/mol. The topological polar surface area (TPSA) is 98.2 Å². The molecule has 0 saturated carbocycles. The number of amides is 2. The molecule has 0 radical (unpaired) electrons. The van der Waals surface area contributed by atoms with Crippen molar-refractivity contribution in [3.63, 3.8) is 0 Å². The maximum Gasteiger partial charge on any atom is 0.251 e. The number of nitrogens with zero attached hydrogens (tertiary/aromatic N) is 4. The number of carbonyl (C=O) groups excluding carboxylic acids is 2. The zero-order valence-corrected chi connectivity index (χ0v) is 11.8. The highest BCUT2D eigenvalue weighted by atomic mass is 16.2. The van der Waals surface area contributed by atoms with Gasteiger partial charge in [0.05, 0.1) is 0 Å². The Morgan fingerprint density at radius 1 is 1.48 bits per heavy atom. The van der Waals surface area contributed by atoms with Crippen molar-refractivity contribution in [3.8, 4) is 0 Å². The fraction of sp³-hybridized carbons (Fsp3) is 0.429. The number of hydrogen-bond donors (Lipinski definition) is 1. The number of azide groups is 1. The van der Waals surface area contributed by atoms with Crippen molar-refractivity contribution in [2.45, 2.75) is 13.3 Å². The lowest BCUT2D eigenvalue weighted by Crippen LogP contribution is -2.25. The van der Waals surface area contributed by atoms with Gasteiger partial charge in [0.1, 0.15) is 0 Å². The van der Waals surface area contributed by atoms with Gasteiger partial charge in [0, 0.05) is 42.2 Å². The van der Waals surface area contributed by atoms with Gasteiger partial charge in [0.25, 0.3) is 5.91 Å². The van der Waals surface area contributed by atoms with Crippen LogP contribution in [-0.2, 0) is 4.79 Å². The van der Waals surface area contributed by atoms with E-state index in [-0.39, 0.29) is 17.7 Å². The van der Waals surface area contributed by atoms with Crippen LogP contribution in [0, 0.1) is 5.92 Å². The lowest BCUT2D eigenvalue weighted by molar-refractivity contribution is -0.117. The van der Waals surface area contributed by atoms with Crippen molar-refractivity contribution in [3.05, 3.63) is 40.3 Å². The third-order valence-corrected chi connectivity index (χ3v) is 3.39. The minimum atomic E-state index is -0.127. The van der Waals surface area contributed by atoms with E-state index in [1.54, 1.807) is 29.2 Å². The smallest absolute Gasteiger partial charge is 0.251 e. The van der Waals surface area contributed by atoms with Crippen LogP contribution in [0.15, 0.2) is 29.4 Å². The standard InChI is InChI=1S/C14H17N5O2/c1-2-16-14(21)11-3-5-12(6-4-11)19-9-10(7-13(19)20)8-17-18-15/h3-6,10H,2,7-9H2,1H3,(H,16,21). The van der Waals surface area contributed by atoms with Gasteiger partial charge in [-0.1, -0.05) is 5.11 Å². The van der Waals surface area contributed by atoms with Crippen LogP contribution in [0.25, 0.3) is 10.4 Å². The van der Waals surface area contributed by atoms with E-state index in [9.17, 15) is 9.59 Å². The Morgan fingerprint density at radius 3 is 2.81 bits per heavy atom. The molecule has 2 rings (SSSR count). The molecule has 1 aromatic carbocycles. The summed E-state index contributed by atoms with van der Waals surface area (Å²) >= 11 is 0. The van der Waals surface area contributed by atoms with Crippen LogP contribution in [0.5, 0.6) is 0 Å². The highest BCUT2D eigenvalue weighted by Gasteiger charge is 2.30. The Labute approximate surface area is 122 Å². The summed E-state index contributed by atoms with van der Waals surface area (Å²) in [6.45, 7) is 3.30. The first-order valence-electron chi connectivity index (χ1n) is 6.85. The molecule has 1 unspecified atom stereocenters. The van der Waals surface area contributed by atoms with Gasteiger partial charge in [-0.3, -0.25) is 9.59 Å². The van der Waals surface area contributed by atoms with Crippen LogP contribution in [-0.4, -0.2) is 31.4 Å². The summed E-state index contributed by atoms with van der Waals surface area (Å²) in [7, 11) is 0. The Balaban J connectivity index is 2.07. The van der Waals surface area contributed by atoms with E-state index in [4.69, 9.17) is 5.53 Å². The third-order valence-electron chi connectivity index (χ3n) is 3.39. The molecule has 7 nitrogen and oxygen atoms in total. The van der Waals surface area contributed by atoms with Gasteiger partial charge >= 0.3 is 0 Å². The summed E-state index contributed by atoms with van der Waals surface area (Å²) in [6, 6.07) is 6.93. The molecule has 1 fully saturated rings. The lowest BCUT2D eigenvalue weighted by atomic mass is 10.1. The average Bonchev–Trinajstić information content (AvgIpc) is 2.86. The Bertz CT molecular complexity index is 578. The number of benzene rings is 1. The van der Waals surface area contributed by atoms with Gasteiger partial charge in [0.15, 0.2) is 0 Å². The van der Waals surface area contributed by atoms with Crippen molar-refractivity contribution in [2.24, 2.45) is 11.0 Å². The molecule has 0 aromatic heterocycles. The average molecular weight is 287 g/mol. The number of rotatable bonds is 5. The maximum atomic E-state index is 12.0. The molecule has 110 valence electrons. The molecule has 21 heavy (non-hydrogen) atoms. The van der Waals surface area contributed by atoms with Gasteiger partial charge in [0.2, 0.25) is 5.91 Å². The molecule has 0 aliphatic carbocycles. The summed E-state index contributed by atoms with van der Waals surface area (Å²) in [5, 5.41) is 6.25. The first-order chi connectivity index (χ1) is 10.2. The number of hydrogen-bond acceptors (Lipinski definition) is 3. The molecule has 1 aliphatic rings. The van der Waals surface area contributed by atoms with Gasteiger partial charge in [-0.2, -0.15) is 0 Å². The fourth-order valence-electron chi connectivity index (χ4n) is 2.36. The normalized spacial score (nSPS) is 17.5. The van der Waals surface area contributed by atoms with Crippen molar-refractivity contribution in [1.82, 2.24) is 5.32 Å². The van der Waals surface area contributed by atoms with Crippen LogP contribution < -0.4 is 10.2 Å². The third kappa shape index (κ3) is 3.52. The van der Waals surface area contributed by atoms with E-state index in [0.29, 0.717) is 31.6 Å². The summed E-state index contributed by atoms with van der Waals surface area (Å²) in [6.07, 6.45) is 0.386. The zero-order chi connectivity index (χ0) is 15.2. The Morgan fingerprint density at radius 2 is 2.19 bits per heavy atom. The molecule has 1 heterocycles. The lowest BCUT2D eigenvalue weighted by Gasteiger charge is -2.16. The van der Waals surface area contributed by atoms with E-state index >= 15 is 0 Å². The predicted molar refractivity (Wildman–Crippen MR) is 78.9 cm³/mol.